The molecule has 3 aliphatic rings. The van der Waals surface area contributed by atoms with Gasteiger partial charge in [0.05, 0.1) is 6.04 Å². The molecule has 22 heavy (non-hydrogen) atoms. The molecule has 1 aromatic rings. The summed E-state index contributed by atoms with van der Waals surface area (Å²) in [4.78, 5) is 15.0. The van der Waals surface area contributed by atoms with E-state index in [2.05, 4.69) is 16.3 Å². The largest absolute Gasteiger partial charge is 0.333 e. The van der Waals surface area contributed by atoms with Gasteiger partial charge in [0.2, 0.25) is 5.91 Å². The first kappa shape index (κ1) is 16.1. The molecule has 3 fully saturated rings. The molecule has 1 N–H and O–H groups in total. The molecule has 1 amide bonds. The third-order valence-electron chi connectivity index (χ3n) is 5.45. The second-order valence-corrected chi connectivity index (χ2v) is 7.03. The summed E-state index contributed by atoms with van der Waals surface area (Å²) in [5.41, 5.74) is 1.15. The zero-order valence-electron chi connectivity index (χ0n) is 12.5. The molecule has 2 aliphatic carbocycles. The molecule has 1 saturated heterocycles. The van der Waals surface area contributed by atoms with Crippen LogP contribution in [-0.2, 0) is 4.79 Å². The lowest BCUT2D eigenvalue weighted by Crippen LogP contribution is -2.49. The summed E-state index contributed by atoms with van der Waals surface area (Å²) in [6.07, 6.45) is 3.84. The molecule has 1 aromatic carbocycles. The van der Waals surface area contributed by atoms with Crippen molar-refractivity contribution in [3.8, 4) is 0 Å². The van der Waals surface area contributed by atoms with Crippen molar-refractivity contribution < 1.29 is 4.79 Å². The average molecular weight is 341 g/mol. The van der Waals surface area contributed by atoms with Crippen LogP contribution in [0.1, 0.15) is 30.9 Å². The second kappa shape index (κ2) is 6.38. The van der Waals surface area contributed by atoms with Crippen LogP contribution in [0.15, 0.2) is 24.3 Å². The van der Waals surface area contributed by atoms with E-state index in [0.29, 0.717) is 23.7 Å². The maximum atomic E-state index is 12.9. The van der Waals surface area contributed by atoms with E-state index in [-0.39, 0.29) is 18.4 Å². The van der Waals surface area contributed by atoms with Gasteiger partial charge < -0.3 is 10.2 Å². The molecule has 3 atom stereocenters. The number of nitrogens with one attached hydrogen (secondary N) is 1. The fourth-order valence-corrected chi connectivity index (χ4v) is 4.56. The Morgan fingerprint density at radius 3 is 2.77 bits per heavy atom. The molecule has 0 radical (unpaired) electrons. The number of nitrogens with zero attached hydrogens (tertiary/aromatic N) is 1. The predicted octanol–water partition coefficient (Wildman–Crippen LogP) is 3.28. The Morgan fingerprint density at radius 2 is 2.05 bits per heavy atom. The number of amides is 1. The first-order valence-electron chi connectivity index (χ1n) is 8.02. The zero-order chi connectivity index (χ0) is 14.4. The van der Waals surface area contributed by atoms with Gasteiger partial charge in [0.1, 0.15) is 0 Å². The van der Waals surface area contributed by atoms with E-state index in [9.17, 15) is 4.79 Å². The number of fused-ring (bicyclic) bond motifs is 1. The maximum absolute atomic E-state index is 12.9. The Labute approximate surface area is 142 Å². The Hall–Kier alpha value is -0.770. The van der Waals surface area contributed by atoms with E-state index < -0.39 is 0 Å². The van der Waals surface area contributed by atoms with Gasteiger partial charge >= 0.3 is 0 Å². The summed E-state index contributed by atoms with van der Waals surface area (Å²) in [6, 6.07) is 8.07. The minimum atomic E-state index is 0. The van der Waals surface area contributed by atoms with Crippen molar-refractivity contribution in [2.75, 3.05) is 19.6 Å². The molecule has 5 heteroatoms. The molecule has 1 aliphatic heterocycles. The Bertz CT molecular complexity index is 555. The van der Waals surface area contributed by atoms with Gasteiger partial charge in [-0.1, -0.05) is 30.2 Å². The van der Waals surface area contributed by atoms with Gasteiger partial charge in [0.15, 0.2) is 0 Å². The highest BCUT2D eigenvalue weighted by atomic mass is 35.5. The van der Waals surface area contributed by atoms with E-state index in [0.717, 1.165) is 30.2 Å². The quantitative estimate of drug-likeness (QED) is 0.895. The molecule has 2 saturated carbocycles. The number of halogens is 2. The fraction of sp³-hybridized carbons (Fsp3) is 0.588. The van der Waals surface area contributed by atoms with E-state index in [4.69, 9.17) is 11.6 Å². The van der Waals surface area contributed by atoms with Crippen LogP contribution in [0.25, 0.3) is 0 Å². The van der Waals surface area contributed by atoms with E-state index in [1.165, 1.54) is 19.3 Å². The SMILES string of the molecule is Cl.O=C(C1C2CCCC21)N1CCNCC1c1cccc(Cl)c1. The molecule has 0 aromatic heterocycles. The summed E-state index contributed by atoms with van der Waals surface area (Å²) in [5, 5.41) is 4.15. The lowest BCUT2D eigenvalue weighted by atomic mass is 10.0. The molecular weight excluding hydrogens is 319 g/mol. The lowest BCUT2D eigenvalue weighted by molar-refractivity contribution is -0.136. The molecule has 4 rings (SSSR count). The standard InChI is InChI=1S/C17H21ClN2O.ClH/c18-12-4-1-3-11(9-12)15-10-19-7-8-20(15)17(21)16-13-5-2-6-14(13)16;/h1,3-4,9,13-16,19H,2,5-8,10H2;1H. The monoisotopic (exact) mass is 340 g/mol. The van der Waals surface area contributed by atoms with Gasteiger partial charge in [0.25, 0.3) is 0 Å². The van der Waals surface area contributed by atoms with Crippen LogP contribution in [-0.4, -0.2) is 30.4 Å². The van der Waals surface area contributed by atoms with Crippen molar-refractivity contribution >= 4 is 29.9 Å². The molecule has 0 spiro atoms. The van der Waals surface area contributed by atoms with E-state index in [1.807, 2.05) is 18.2 Å². The van der Waals surface area contributed by atoms with Crippen molar-refractivity contribution in [2.45, 2.75) is 25.3 Å². The van der Waals surface area contributed by atoms with Crippen molar-refractivity contribution in [3.05, 3.63) is 34.9 Å². The number of benzene rings is 1. The number of carbonyl (C=O) groups is 1. The van der Waals surface area contributed by atoms with Crippen LogP contribution in [0.2, 0.25) is 5.02 Å². The van der Waals surface area contributed by atoms with Crippen LogP contribution in [0.5, 0.6) is 0 Å². The van der Waals surface area contributed by atoms with Crippen LogP contribution in [0, 0.1) is 17.8 Å². The topological polar surface area (TPSA) is 32.3 Å². The van der Waals surface area contributed by atoms with Gasteiger partial charge in [-0.05, 0) is 42.4 Å². The fourth-order valence-electron chi connectivity index (χ4n) is 4.36. The molecule has 3 unspecified atom stereocenters. The Balaban J connectivity index is 0.00000144. The highest BCUT2D eigenvalue weighted by molar-refractivity contribution is 6.30. The van der Waals surface area contributed by atoms with Crippen LogP contribution in [0.4, 0.5) is 0 Å². The number of piperazine rings is 1. The van der Waals surface area contributed by atoms with Gasteiger partial charge in [-0.25, -0.2) is 0 Å². The third-order valence-corrected chi connectivity index (χ3v) is 5.69. The Morgan fingerprint density at radius 1 is 1.27 bits per heavy atom. The van der Waals surface area contributed by atoms with Crippen molar-refractivity contribution in [2.24, 2.45) is 17.8 Å². The normalized spacial score (nSPS) is 33.0. The summed E-state index contributed by atoms with van der Waals surface area (Å²) < 4.78 is 0. The first-order chi connectivity index (χ1) is 10.3. The van der Waals surface area contributed by atoms with Crippen LogP contribution in [0.3, 0.4) is 0 Å². The van der Waals surface area contributed by atoms with E-state index >= 15 is 0 Å². The Kier molecular flexibility index (Phi) is 4.67. The minimum absolute atomic E-state index is 0. The number of carbonyl (C=O) groups excluding carboxylic acids is 1. The second-order valence-electron chi connectivity index (χ2n) is 6.59. The van der Waals surface area contributed by atoms with Gasteiger partial charge in [-0.2, -0.15) is 0 Å². The van der Waals surface area contributed by atoms with Crippen LogP contribution >= 0.6 is 24.0 Å². The third kappa shape index (κ3) is 2.75. The van der Waals surface area contributed by atoms with Crippen molar-refractivity contribution in [3.63, 3.8) is 0 Å². The van der Waals surface area contributed by atoms with Crippen molar-refractivity contribution in [1.82, 2.24) is 10.2 Å². The molecule has 1 heterocycles. The number of hydrogen-bond acceptors (Lipinski definition) is 2. The molecule has 3 nitrogen and oxygen atoms in total. The summed E-state index contributed by atoms with van der Waals surface area (Å²) in [5.74, 6) is 2.08. The first-order valence-corrected chi connectivity index (χ1v) is 8.40. The zero-order valence-corrected chi connectivity index (χ0v) is 14.1. The number of hydrogen-bond donors (Lipinski definition) is 1. The van der Waals surface area contributed by atoms with Crippen molar-refractivity contribution in [1.29, 1.82) is 0 Å². The lowest BCUT2D eigenvalue weighted by Gasteiger charge is -2.37. The highest BCUT2D eigenvalue weighted by Gasteiger charge is 2.58. The maximum Gasteiger partial charge on any atom is 0.226 e. The van der Waals surface area contributed by atoms with Gasteiger partial charge in [-0.3, -0.25) is 4.79 Å². The van der Waals surface area contributed by atoms with Gasteiger partial charge in [0, 0.05) is 30.6 Å². The molecule has 120 valence electrons. The molecular formula is C17H22Cl2N2O. The number of rotatable bonds is 2. The average Bonchev–Trinajstić information content (AvgIpc) is 2.98. The summed E-state index contributed by atoms with van der Waals surface area (Å²) in [7, 11) is 0. The smallest absolute Gasteiger partial charge is 0.226 e. The summed E-state index contributed by atoms with van der Waals surface area (Å²) >= 11 is 6.12. The highest BCUT2D eigenvalue weighted by Crippen LogP contribution is 2.58. The minimum Gasteiger partial charge on any atom is -0.333 e. The van der Waals surface area contributed by atoms with E-state index in [1.54, 1.807) is 0 Å². The molecule has 0 bridgehead atoms. The van der Waals surface area contributed by atoms with Crippen LogP contribution < -0.4 is 5.32 Å². The predicted molar refractivity (Wildman–Crippen MR) is 90.3 cm³/mol. The summed E-state index contributed by atoms with van der Waals surface area (Å²) in [6.45, 7) is 2.53. The van der Waals surface area contributed by atoms with Gasteiger partial charge in [-0.15, -0.1) is 12.4 Å².